The first kappa shape index (κ1) is 21.6. The lowest BCUT2D eigenvalue weighted by molar-refractivity contribution is -0.138. The molecule has 0 aromatic heterocycles. The molecule has 2 unspecified atom stereocenters. The number of nitrogens with zero attached hydrogens (tertiary/aromatic N) is 1. The summed E-state index contributed by atoms with van der Waals surface area (Å²) in [4.78, 5) is 14.2. The van der Waals surface area contributed by atoms with E-state index in [1.807, 2.05) is 6.92 Å². The second-order valence-corrected chi connectivity index (χ2v) is 8.12. The van der Waals surface area contributed by atoms with Crippen LogP contribution in [0.4, 0.5) is 0 Å². The van der Waals surface area contributed by atoms with Gasteiger partial charge in [0, 0.05) is 19.4 Å². The van der Waals surface area contributed by atoms with Crippen molar-refractivity contribution in [2.75, 3.05) is 6.54 Å². The van der Waals surface area contributed by atoms with E-state index in [9.17, 15) is 15.0 Å². The van der Waals surface area contributed by atoms with Crippen LogP contribution in [-0.4, -0.2) is 33.8 Å². The van der Waals surface area contributed by atoms with Crippen molar-refractivity contribution in [1.82, 2.24) is 4.90 Å². The Morgan fingerprint density at radius 1 is 1.24 bits per heavy atom. The smallest absolute Gasteiger partial charge is 0.222 e. The number of hydrogen-bond donors (Lipinski definition) is 2. The molecule has 0 bridgehead atoms. The molecule has 1 amide bonds. The van der Waals surface area contributed by atoms with Crippen LogP contribution in [0.5, 0.6) is 17.2 Å². The van der Waals surface area contributed by atoms with Gasteiger partial charge in [-0.25, -0.2) is 0 Å². The zero-order valence-electron chi connectivity index (χ0n) is 16.5. The minimum absolute atomic E-state index is 0.116. The summed E-state index contributed by atoms with van der Waals surface area (Å²) >= 11 is 12.7. The summed E-state index contributed by atoms with van der Waals surface area (Å²) in [5, 5.41) is 20.7. The first-order valence-corrected chi connectivity index (χ1v) is 10.5. The highest BCUT2D eigenvalue weighted by Crippen LogP contribution is 2.43. The Hall–Kier alpha value is -2.11. The number of phenols is 2. The highest BCUT2D eigenvalue weighted by molar-refractivity contribution is 6.37. The highest BCUT2D eigenvalue weighted by atomic mass is 35.5. The number of carbonyl (C=O) groups excluding carboxylic acids is 1. The third-order valence-corrected chi connectivity index (χ3v) is 5.87. The second kappa shape index (κ2) is 9.14. The number of hydrogen-bond acceptors (Lipinski definition) is 4. The van der Waals surface area contributed by atoms with Gasteiger partial charge in [0.2, 0.25) is 5.91 Å². The van der Waals surface area contributed by atoms with Crippen LogP contribution < -0.4 is 4.74 Å². The molecule has 2 aromatic carbocycles. The van der Waals surface area contributed by atoms with Crippen molar-refractivity contribution < 1.29 is 19.7 Å². The SMILES string of the molecule is CCCN(C(C)=O)C(Oc1c(Cl)cccc1Cl)C1CCCc2cc(O)c(O)cc21. The van der Waals surface area contributed by atoms with Gasteiger partial charge in [0.15, 0.2) is 23.5 Å². The predicted molar refractivity (Wildman–Crippen MR) is 114 cm³/mol. The zero-order chi connectivity index (χ0) is 21.1. The van der Waals surface area contributed by atoms with Crippen molar-refractivity contribution in [3.63, 3.8) is 0 Å². The topological polar surface area (TPSA) is 70.0 Å². The molecule has 0 aliphatic heterocycles. The van der Waals surface area contributed by atoms with Crippen molar-refractivity contribution in [3.8, 4) is 17.2 Å². The Morgan fingerprint density at radius 3 is 2.52 bits per heavy atom. The van der Waals surface area contributed by atoms with Crippen LogP contribution in [0.1, 0.15) is 50.2 Å². The molecule has 1 aliphatic carbocycles. The summed E-state index contributed by atoms with van der Waals surface area (Å²) in [5.74, 6) is -0.315. The third-order valence-electron chi connectivity index (χ3n) is 5.28. The van der Waals surface area contributed by atoms with Crippen molar-refractivity contribution >= 4 is 29.1 Å². The van der Waals surface area contributed by atoms with E-state index in [2.05, 4.69) is 0 Å². The number of ether oxygens (including phenoxy) is 1. The van der Waals surface area contributed by atoms with Gasteiger partial charge in [0.05, 0.1) is 10.0 Å². The van der Waals surface area contributed by atoms with Crippen LogP contribution in [0, 0.1) is 0 Å². The van der Waals surface area contributed by atoms with Gasteiger partial charge < -0.3 is 19.8 Å². The van der Waals surface area contributed by atoms with Gasteiger partial charge in [-0.15, -0.1) is 0 Å². The summed E-state index contributed by atoms with van der Waals surface area (Å²) in [6, 6.07) is 8.28. The molecular weight excluding hydrogens is 413 g/mol. The molecule has 0 saturated heterocycles. The number of para-hydroxylation sites is 1. The molecule has 2 N–H and O–H groups in total. The summed E-state index contributed by atoms with van der Waals surface area (Å²) in [7, 11) is 0. The molecule has 0 saturated carbocycles. The number of benzene rings is 2. The van der Waals surface area contributed by atoms with Crippen molar-refractivity contribution in [3.05, 3.63) is 51.5 Å². The fourth-order valence-corrected chi connectivity index (χ4v) is 4.43. The van der Waals surface area contributed by atoms with Gasteiger partial charge in [-0.1, -0.05) is 36.2 Å². The van der Waals surface area contributed by atoms with Crippen LogP contribution in [0.15, 0.2) is 30.3 Å². The number of phenolic OH excluding ortho intramolecular Hbond substituents is 2. The summed E-state index contributed by atoms with van der Waals surface area (Å²) in [6.07, 6.45) is 2.53. The predicted octanol–water partition coefficient (Wildman–Crippen LogP) is 5.49. The lowest BCUT2D eigenvalue weighted by Crippen LogP contribution is -2.47. The summed E-state index contributed by atoms with van der Waals surface area (Å²) in [5.41, 5.74) is 1.80. The first-order valence-electron chi connectivity index (χ1n) is 9.76. The molecular formula is C22H25Cl2NO4. The van der Waals surface area contributed by atoms with Gasteiger partial charge in [-0.2, -0.15) is 0 Å². The molecule has 2 atom stereocenters. The van der Waals surface area contributed by atoms with E-state index in [-0.39, 0.29) is 23.3 Å². The maximum atomic E-state index is 12.5. The molecule has 0 fully saturated rings. The van der Waals surface area contributed by atoms with Gasteiger partial charge in [-0.05, 0) is 61.1 Å². The van der Waals surface area contributed by atoms with Gasteiger partial charge in [0.25, 0.3) is 0 Å². The average molecular weight is 438 g/mol. The Kier molecular flexibility index (Phi) is 6.81. The van der Waals surface area contributed by atoms with Gasteiger partial charge >= 0.3 is 0 Å². The van der Waals surface area contributed by atoms with Crippen molar-refractivity contribution in [2.45, 2.75) is 51.7 Å². The van der Waals surface area contributed by atoms with E-state index in [0.29, 0.717) is 22.3 Å². The lowest BCUT2D eigenvalue weighted by atomic mass is 9.81. The van der Waals surface area contributed by atoms with Crippen LogP contribution >= 0.6 is 23.2 Å². The highest BCUT2D eigenvalue weighted by Gasteiger charge is 2.36. The third kappa shape index (κ3) is 4.57. The van der Waals surface area contributed by atoms with E-state index in [4.69, 9.17) is 27.9 Å². The van der Waals surface area contributed by atoms with Crippen molar-refractivity contribution in [2.24, 2.45) is 0 Å². The average Bonchev–Trinajstić information content (AvgIpc) is 2.67. The molecule has 0 radical (unpaired) electrons. The monoisotopic (exact) mass is 437 g/mol. The maximum absolute atomic E-state index is 12.5. The van der Waals surface area contributed by atoms with E-state index in [1.54, 1.807) is 35.2 Å². The Morgan fingerprint density at radius 2 is 1.90 bits per heavy atom. The van der Waals surface area contributed by atoms with E-state index < -0.39 is 6.23 Å². The molecule has 1 aliphatic rings. The Balaban J connectivity index is 2.09. The van der Waals surface area contributed by atoms with Gasteiger partial charge in [-0.3, -0.25) is 4.79 Å². The van der Waals surface area contributed by atoms with E-state index in [1.165, 1.54) is 6.92 Å². The fraction of sp³-hybridized carbons (Fsp3) is 0.409. The minimum Gasteiger partial charge on any atom is -0.504 e. The molecule has 156 valence electrons. The lowest BCUT2D eigenvalue weighted by Gasteiger charge is -2.39. The number of fused-ring (bicyclic) bond motifs is 1. The number of rotatable bonds is 6. The number of amides is 1. The number of aromatic hydroxyl groups is 2. The largest absolute Gasteiger partial charge is 0.504 e. The van der Waals surface area contributed by atoms with Crippen LogP contribution in [-0.2, 0) is 11.2 Å². The Labute approximate surface area is 180 Å². The fourth-order valence-electron chi connectivity index (χ4n) is 3.95. The molecule has 0 heterocycles. The summed E-state index contributed by atoms with van der Waals surface area (Å²) in [6.45, 7) is 4.02. The van der Waals surface area contributed by atoms with Crippen molar-refractivity contribution in [1.29, 1.82) is 0 Å². The second-order valence-electron chi connectivity index (χ2n) is 7.31. The molecule has 0 spiro atoms. The molecule has 3 rings (SSSR count). The van der Waals surface area contributed by atoms with Crippen LogP contribution in [0.25, 0.3) is 0 Å². The molecule has 29 heavy (non-hydrogen) atoms. The number of carbonyl (C=O) groups is 1. The van der Waals surface area contributed by atoms with Crippen LogP contribution in [0.2, 0.25) is 10.0 Å². The standard InChI is InChI=1S/C22H25Cl2NO4/c1-3-10-25(13(2)26)22(29-21-17(23)8-5-9-18(21)24)15-7-4-6-14-11-19(27)20(28)12-16(14)15/h5,8-9,11-12,15,22,27-28H,3-4,6-7,10H2,1-2H3. The Bertz CT molecular complexity index is 882. The number of halogens is 2. The maximum Gasteiger partial charge on any atom is 0.222 e. The normalized spacial score (nSPS) is 16.8. The zero-order valence-corrected chi connectivity index (χ0v) is 18.0. The van der Waals surface area contributed by atoms with Crippen LogP contribution in [0.3, 0.4) is 0 Å². The molecule has 7 heteroatoms. The molecule has 5 nitrogen and oxygen atoms in total. The molecule has 2 aromatic rings. The number of aryl methyl sites for hydroxylation is 1. The minimum atomic E-state index is -0.646. The van der Waals surface area contributed by atoms with E-state index in [0.717, 1.165) is 36.8 Å². The van der Waals surface area contributed by atoms with E-state index >= 15 is 0 Å². The van der Waals surface area contributed by atoms with Gasteiger partial charge in [0.1, 0.15) is 0 Å². The summed E-state index contributed by atoms with van der Waals surface area (Å²) < 4.78 is 6.32. The quantitative estimate of drug-likeness (QED) is 0.462. The first-order chi connectivity index (χ1) is 13.8.